The molecule has 2 aliphatic carbocycles. The normalized spacial score (nSPS) is 26.2. The number of nitrogens with one attached hydrogen (secondary N) is 3. The number of nitrogens with zero attached hydrogens (tertiary/aromatic N) is 6. The van der Waals surface area contributed by atoms with Crippen LogP contribution in [0.5, 0.6) is 5.88 Å². The number of aromatic nitrogens is 5. The van der Waals surface area contributed by atoms with Gasteiger partial charge in [-0.1, -0.05) is 43.2 Å². The molecule has 3 aromatic heterocycles. The zero-order valence-electron chi connectivity index (χ0n) is 29.3. The highest BCUT2D eigenvalue weighted by atomic mass is 32.2. The highest BCUT2D eigenvalue weighted by Crippen LogP contribution is 2.46. The molecule has 2 aliphatic heterocycles. The van der Waals surface area contributed by atoms with Crippen molar-refractivity contribution in [3.8, 4) is 5.88 Å². The van der Waals surface area contributed by atoms with Crippen molar-refractivity contribution >= 4 is 55.5 Å². The van der Waals surface area contributed by atoms with Crippen molar-refractivity contribution < 1.29 is 32.3 Å². The maximum Gasteiger partial charge on any atom is 0.259 e. The van der Waals surface area contributed by atoms with Gasteiger partial charge in [-0.2, -0.15) is 15.2 Å². The summed E-state index contributed by atoms with van der Waals surface area (Å²) in [5, 5.41) is 14.9. The molecule has 0 spiro atoms. The fraction of sp³-hybridized carbons (Fsp3) is 0.432. The Morgan fingerprint density at radius 3 is 2.61 bits per heavy atom. The van der Waals surface area contributed by atoms with Gasteiger partial charge >= 0.3 is 0 Å². The molecule has 280 valence electrons. The molecule has 8 rings (SSSR count). The van der Waals surface area contributed by atoms with E-state index in [0.29, 0.717) is 43.1 Å². The van der Waals surface area contributed by atoms with Crippen molar-refractivity contribution in [3.05, 3.63) is 73.0 Å². The van der Waals surface area contributed by atoms with E-state index in [2.05, 4.69) is 40.5 Å². The van der Waals surface area contributed by atoms with Crippen molar-refractivity contribution in [2.24, 2.45) is 5.92 Å². The van der Waals surface area contributed by atoms with E-state index in [-0.39, 0.29) is 30.8 Å². The molecule has 4 amide bonds. The standard InChI is InChI=1S/C37H39N9O7S/c47-32(22-14-15-40-41-18-22)42-29-11-5-3-1-2-4-8-23-17-37(23,36(50)45-54(51,52)25-12-13-25)44-33(48)30-16-24(20-46(30)35(29)49)53-34-27-10-7-6-9-26(27)28-19-38-21-39-31(28)43-34/h4,6-10,14-15,18-19,21,23-25,29-30H,1-3,5,11-13,16-17,20H2,(H,42,47)(H,44,48)(H,45,50)/t23-,24-,29+,30+,37-/m1/s1. The summed E-state index contributed by atoms with van der Waals surface area (Å²) in [5.41, 5.74) is -0.875. The molecule has 4 aliphatic rings. The summed E-state index contributed by atoms with van der Waals surface area (Å²) >= 11 is 0. The maximum absolute atomic E-state index is 14.6. The maximum atomic E-state index is 14.6. The van der Waals surface area contributed by atoms with Crippen molar-refractivity contribution in [2.75, 3.05) is 6.54 Å². The van der Waals surface area contributed by atoms with Crippen molar-refractivity contribution in [1.82, 2.24) is 45.4 Å². The number of sulfonamides is 1. The summed E-state index contributed by atoms with van der Waals surface area (Å²) in [4.78, 5) is 70.6. The average molecular weight is 754 g/mol. The predicted molar refractivity (Wildman–Crippen MR) is 194 cm³/mol. The fourth-order valence-corrected chi connectivity index (χ4v) is 8.79. The van der Waals surface area contributed by atoms with E-state index in [1.54, 1.807) is 6.20 Å². The van der Waals surface area contributed by atoms with Gasteiger partial charge in [-0.15, -0.1) is 0 Å². The molecule has 5 heterocycles. The van der Waals surface area contributed by atoms with Gasteiger partial charge < -0.3 is 20.3 Å². The number of carbonyl (C=O) groups excluding carboxylic acids is 4. The molecule has 1 aromatic carbocycles. The van der Waals surface area contributed by atoms with Crippen molar-refractivity contribution in [2.45, 2.75) is 86.8 Å². The van der Waals surface area contributed by atoms with Gasteiger partial charge in [0.05, 0.1) is 29.8 Å². The first-order chi connectivity index (χ1) is 26.1. The Kier molecular flexibility index (Phi) is 9.41. The lowest BCUT2D eigenvalue weighted by Gasteiger charge is -2.30. The lowest BCUT2D eigenvalue weighted by Crippen LogP contribution is -2.58. The van der Waals surface area contributed by atoms with E-state index in [9.17, 15) is 27.6 Å². The molecule has 2 saturated carbocycles. The van der Waals surface area contributed by atoms with Crippen LogP contribution in [-0.4, -0.2) is 97.6 Å². The third kappa shape index (κ3) is 7.07. The second kappa shape index (κ2) is 14.3. The van der Waals surface area contributed by atoms with E-state index in [0.717, 1.165) is 23.6 Å². The van der Waals surface area contributed by atoms with Crippen molar-refractivity contribution in [1.29, 1.82) is 0 Å². The van der Waals surface area contributed by atoms with E-state index >= 15 is 0 Å². The van der Waals surface area contributed by atoms with Crippen LogP contribution in [0.1, 0.15) is 68.1 Å². The number of pyridine rings is 1. The molecule has 54 heavy (non-hydrogen) atoms. The second-order valence-corrected chi connectivity index (χ2v) is 16.3. The van der Waals surface area contributed by atoms with Crippen molar-refractivity contribution in [3.63, 3.8) is 0 Å². The SMILES string of the molecule is O=C(N[C@H]1CCCCCC=C[C@@H]2C[C@@]2(C(=O)NS(=O)(=O)C2CC2)NC(=O)[C@@H]2C[C@@H](Oc3nc4ncncc4c4ccccc34)CN2C1=O)c1ccnnc1. The Bertz CT molecular complexity index is 2270. The number of allylic oxidation sites excluding steroid dienone is 1. The summed E-state index contributed by atoms with van der Waals surface area (Å²) in [6.07, 6.45) is 13.2. The number of ether oxygens (including phenoxy) is 1. The van der Waals surface area contributed by atoms with Gasteiger partial charge in [-0.3, -0.25) is 23.9 Å². The fourth-order valence-electron chi connectivity index (χ4n) is 7.42. The van der Waals surface area contributed by atoms with E-state index < -0.39 is 68.5 Å². The van der Waals surface area contributed by atoms with Crippen LogP contribution >= 0.6 is 0 Å². The van der Waals surface area contributed by atoms with Crippen LogP contribution in [0.15, 0.2) is 67.4 Å². The lowest BCUT2D eigenvalue weighted by molar-refractivity contribution is -0.141. The minimum atomic E-state index is -3.90. The smallest absolute Gasteiger partial charge is 0.259 e. The Morgan fingerprint density at radius 1 is 0.981 bits per heavy atom. The first-order valence-electron chi connectivity index (χ1n) is 18.2. The second-order valence-electron chi connectivity index (χ2n) is 14.4. The van der Waals surface area contributed by atoms with Gasteiger partial charge in [0, 0.05) is 29.3 Å². The molecule has 1 saturated heterocycles. The Hall–Kier alpha value is -5.58. The van der Waals surface area contributed by atoms with Gasteiger partial charge in [-0.05, 0) is 56.0 Å². The van der Waals surface area contributed by atoms with E-state index in [1.165, 1.54) is 29.7 Å². The molecule has 17 heteroatoms. The minimum Gasteiger partial charge on any atom is -0.472 e. The van der Waals surface area contributed by atoms with Crippen LogP contribution in [0.4, 0.5) is 0 Å². The van der Waals surface area contributed by atoms with Crippen LogP contribution in [0.25, 0.3) is 21.8 Å². The molecule has 0 unspecified atom stereocenters. The van der Waals surface area contributed by atoms with Gasteiger partial charge in [0.25, 0.3) is 11.8 Å². The number of benzene rings is 1. The summed E-state index contributed by atoms with van der Waals surface area (Å²) < 4.78 is 34.4. The molecule has 3 fully saturated rings. The molecule has 4 aromatic rings. The number of fused-ring (bicyclic) bond motifs is 5. The molecule has 5 atom stereocenters. The largest absolute Gasteiger partial charge is 0.472 e. The first-order valence-corrected chi connectivity index (χ1v) is 19.8. The molecule has 3 N–H and O–H groups in total. The monoisotopic (exact) mass is 753 g/mol. The van der Waals surface area contributed by atoms with Gasteiger partial charge in [0.2, 0.25) is 27.7 Å². The van der Waals surface area contributed by atoms with Crippen LogP contribution in [0.3, 0.4) is 0 Å². The zero-order valence-corrected chi connectivity index (χ0v) is 30.1. The number of rotatable bonds is 7. The summed E-state index contributed by atoms with van der Waals surface area (Å²) in [6.45, 7) is -0.0312. The highest BCUT2D eigenvalue weighted by Gasteiger charge is 2.62. The topological polar surface area (TPSA) is 215 Å². The Labute approximate surface area is 310 Å². The number of hydrogen-bond acceptors (Lipinski definition) is 12. The van der Waals surface area contributed by atoms with Crippen LogP contribution in [-0.2, 0) is 24.4 Å². The van der Waals surface area contributed by atoms with E-state index in [1.807, 2.05) is 36.4 Å². The zero-order chi connectivity index (χ0) is 37.5. The Morgan fingerprint density at radius 2 is 1.81 bits per heavy atom. The average Bonchev–Trinajstić information content (AvgIpc) is 4.11. The van der Waals surface area contributed by atoms with Gasteiger partial charge in [0.15, 0.2) is 5.65 Å². The summed E-state index contributed by atoms with van der Waals surface area (Å²) in [6, 6.07) is 6.87. The predicted octanol–water partition coefficient (Wildman–Crippen LogP) is 2.12. The van der Waals surface area contributed by atoms with Gasteiger partial charge in [-0.25, -0.2) is 18.4 Å². The third-order valence-electron chi connectivity index (χ3n) is 10.6. The van der Waals surface area contributed by atoms with Crippen LogP contribution in [0.2, 0.25) is 0 Å². The Balaban J connectivity index is 1.12. The molecule has 0 bridgehead atoms. The van der Waals surface area contributed by atoms with Gasteiger partial charge in [0.1, 0.15) is 30.1 Å². The number of hydrogen-bond donors (Lipinski definition) is 3. The molecular formula is C37H39N9O7S. The first kappa shape index (κ1) is 35.4. The molecule has 0 radical (unpaired) electrons. The summed E-state index contributed by atoms with van der Waals surface area (Å²) in [7, 11) is -3.90. The molecule has 16 nitrogen and oxygen atoms in total. The number of carbonyl (C=O) groups is 4. The van der Waals surface area contributed by atoms with Crippen LogP contribution < -0.4 is 20.1 Å². The summed E-state index contributed by atoms with van der Waals surface area (Å²) in [5.74, 6) is -2.60. The quantitative estimate of drug-likeness (QED) is 0.183. The molecular weight excluding hydrogens is 715 g/mol. The highest BCUT2D eigenvalue weighted by molar-refractivity contribution is 7.91. The van der Waals surface area contributed by atoms with E-state index in [4.69, 9.17) is 4.74 Å². The minimum absolute atomic E-state index is 0.0307. The van der Waals surface area contributed by atoms with Crippen LogP contribution in [0, 0.1) is 5.92 Å². The number of amides is 4. The lowest BCUT2D eigenvalue weighted by atomic mass is 10.0. The third-order valence-corrected chi connectivity index (χ3v) is 12.4.